The first-order valence-electron chi connectivity index (χ1n) is 4.45. The molecule has 3 N–H and O–H groups in total. The Morgan fingerprint density at radius 3 is 2.50 bits per heavy atom. The van der Waals surface area contributed by atoms with Gasteiger partial charge in [0.05, 0.1) is 7.11 Å². The van der Waals surface area contributed by atoms with E-state index in [1.54, 1.807) is 6.07 Å². The molecule has 0 aromatic heterocycles. The number of benzene rings is 1. The first kappa shape index (κ1) is 14.9. The van der Waals surface area contributed by atoms with Crippen molar-refractivity contribution in [3.8, 4) is 11.5 Å². The predicted molar refractivity (Wildman–Crippen MR) is 59.5 cm³/mol. The number of rotatable bonds is 4. The van der Waals surface area contributed by atoms with Crippen molar-refractivity contribution in [2.24, 2.45) is 5.73 Å². The Labute approximate surface area is 98.6 Å². The van der Waals surface area contributed by atoms with E-state index in [4.69, 9.17) is 10.5 Å². The van der Waals surface area contributed by atoms with Crippen molar-refractivity contribution < 1.29 is 18.6 Å². The summed E-state index contributed by atoms with van der Waals surface area (Å²) in [6.45, 7) is 0. The van der Waals surface area contributed by atoms with E-state index in [0.29, 0.717) is 11.3 Å². The second kappa shape index (κ2) is 6.50. The van der Waals surface area contributed by atoms with E-state index < -0.39 is 18.9 Å². The van der Waals surface area contributed by atoms with Gasteiger partial charge in [-0.2, -0.15) is 0 Å². The summed E-state index contributed by atoms with van der Waals surface area (Å²) in [6, 6.07) is 3.54. The number of aromatic hydroxyl groups is 1. The molecule has 0 saturated heterocycles. The number of ether oxygens (including phenoxy) is 1. The number of hydrogen-bond acceptors (Lipinski definition) is 3. The molecule has 0 aliphatic carbocycles. The van der Waals surface area contributed by atoms with Gasteiger partial charge in [0, 0.05) is 24.1 Å². The summed E-state index contributed by atoms with van der Waals surface area (Å²) in [4.78, 5) is 0. The number of methoxy groups -OCH3 is 1. The van der Waals surface area contributed by atoms with Crippen LogP contribution in [0.1, 0.15) is 18.0 Å². The van der Waals surface area contributed by atoms with Crippen LogP contribution in [0.4, 0.5) is 8.78 Å². The van der Waals surface area contributed by atoms with Crippen molar-refractivity contribution in [3.05, 3.63) is 23.8 Å². The Hall–Kier alpha value is -1.07. The van der Waals surface area contributed by atoms with Crippen molar-refractivity contribution in [1.29, 1.82) is 0 Å². The molecule has 16 heavy (non-hydrogen) atoms. The van der Waals surface area contributed by atoms with Gasteiger partial charge in [0.2, 0.25) is 6.43 Å². The molecule has 1 atom stereocenters. The van der Waals surface area contributed by atoms with Gasteiger partial charge >= 0.3 is 0 Å². The smallest absolute Gasteiger partial charge is 0.240 e. The topological polar surface area (TPSA) is 55.5 Å². The summed E-state index contributed by atoms with van der Waals surface area (Å²) in [7, 11) is 1.45. The Morgan fingerprint density at radius 1 is 1.44 bits per heavy atom. The molecule has 0 fully saturated rings. The first-order chi connectivity index (χ1) is 7.04. The molecule has 6 heteroatoms. The molecule has 0 radical (unpaired) electrons. The van der Waals surface area contributed by atoms with E-state index in [0.717, 1.165) is 0 Å². The molecule has 3 nitrogen and oxygen atoms in total. The Balaban J connectivity index is 0.00000225. The lowest BCUT2D eigenvalue weighted by molar-refractivity contribution is 0.128. The number of halogens is 3. The number of phenolic OH excluding ortho intramolecular Hbond substituents is 1. The lowest BCUT2D eigenvalue weighted by atomic mass is 10.0. The van der Waals surface area contributed by atoms with Crippen LogP contribution < -0.4 is 10.5 Å². The monoisotopic (exact) mass is 253 g/mol. The summed E-state index contributed by atoms with van der Waals surface area (Å²) >= 11 is 0. The maximum Gasteiger partial charge on any atom is 0.240 e. The molecular weight excluding hydrogens is 240 g/mol. The van der Waals surface area contributed by atoms with Gasteiger partial charge in [-0.15, -0.1) is 12.4 Å². The molecule has 0 aliphatic rings. The average molecular weight is 254 g/mol. The van der Waals surface area contributed by atoms with Gasteiger partial charge in [-0.05, 0) is 6.07 Å². The second-order valence-corrected chi connectivity index (χ2v) is 3.16. The van der Waals surface area contributed by atoms with Gasteiger partial charge < -0.3 is 15.6 Å². The van der Waals surface area contributed by atoms with Gasteiger partial charge in [-0.25, -0.2) is 8.78 Å². The zero-order chi connectivity index (χ0) is 11.4. The fraction of sp³-hybridized carbons (Fsp3) is 0.400. The highest BCUT2D eigenvalue weighted by molar-refractivity contribution is 5.85. The summed E-state index contributed by atoms with van der Waals surface area (Å²) in [5, 5.41) is 9.50. The van der Waals surface area contributed by atoms with Crippen LogP contribution in [0, 0.1) is 0 Å². The maximum absolute atomic E-state index is 12.1. The number of phenols is 1. The first-order valence-corrected chi connectivity index (χ1v) is 4.45. The van der Waals surface area contributed by atoms with Crippen LogP contribution in [0.25, 0.3) is 0 Å². The van der Waals surface area contributed by atoms with E-state index in [1.165, 1.54) is 19.2 Å². The van der Waals surface area contributed by atoms with Crippen LogP contribution in [-0.2, 0) is 0 Å². The van der Waals surface area contributed by atoms with E-state index in [1.807, 2.05) is 0 Å². The van der Waals surface area contributed by atoms with E-state index in [9.17, 15) is 13.9 Å². The van der Waals surface area contributed by atoms with Crippen molar-refractivity contribution in [2.75, 3.05) is 7.11 Å². The maximum atomic E-state index is 12.1. The fourth-order valence-corrected chi connectivity index (χ4v) is 1.28. The summed E-state index contributed by atoms with van der Waals surface area (Å²) in [6.07, 6.45) is -2.96. The lowest BCUT2D eigenvalue weighted by Gasteiger charge is -2.13. The largest absolute Gasteiger partial charge is 0.507 e. The molecule has 0 amide bonds. The highest BCUT2D eigenvalue weighted by atomic mass is 35.5. The molecule has 1 aromatic rings. The number of nitrogens with two attached hydrogens (primary N) is 1. The van der Waals surface area contributed by atoms with Crippen LogP contribution in [0.3, 0.4) is 0 Å². The Kier molecular flexibility index (Phi) is 6.06. The molecule has 1 aromatic carbocycles. The zero-order valence-corrected chi connectivity index (χ0v) is 9.51. The van der Waals surface area contributed by atoms with Crippen LogP contribution >= 0.6 is 12.4 Å². The summed E-state index contributed by atoms with van der Waals surface area (Å²) < 4.78 is 29.0. The SMILES string of the molecule is COc1ccc([C@@H](N)CC(F)F)c(O)c1.Cl. The fourth-order valence-electron chi connectivity index (χ4n) is 1.28. The van der Waals surface area contributed by atoms with E-state index >= 15 is 0 Å². The standard InChI is InChI=1S/C10H13F2NO2.ClH/c1-15-6-2-3-7(9(14)4-6)8(13)5-10(11)12;/h2-4,8,10,14H,5,13H2,1H3;1H/t8-;/m0./s1. The minimum absolute atomic E-state index is 0. The highest BCUT2D eigenvalue weighted by Crippen LogP contribution is 2.29. The summed E-state index contributed by atoms with van der Waals surface area (Å²) in [5.41, 5.74) is 5.81. The van der Waals surface area contributed by atoms with Gasteiger partial charge in [0.15, 0.2) is 0 Å². The average Bonchev–Trinajstić information content (AvgIpc) is 2.16. The molecular formula is C10H14ClF2NO2. The third-order valence-corrected chi connectivity index (χ3v) is 2.07. The van der Waals surface area contributed by atoms with Crippen molar-refractivity contribution >= 4 is 12.4 Å². The van der Waals surface area contributed by atoms with Crippen LogP contribution in [0.15, 0.2) is 18.2 Å². The number of alkyl halides is 2. The van der Waals surface area contributed by atoms with E-state index in [2.05, 4.69) is 0 Å². The van der Waals surface area contributed by atoms with Crippen molar-refractivity contribution in [1.82, 2.24) is 0 Å². The number of hydrogen-bond donors (Lipinski definition) is 2. The second-order valence-electron chi connectivity index (χ2n) is 3.16. The van der Waals surface area contributed by atoms with Gasteiger partial charge in [0.25, 0.3) is 0 Å². The third-order valence-electron chi connectivity index (χ3n) is 2.07. The minimum Gasteiger partial charge on any atom is -0.507 e. The highest BCUT2D eigenvalue weighted by Gasteiger charge is 2.16. The normalized spacial score (nSPS) is 12.1. The summed E-state index contributed by atoms with van der Waals surface area (Å²) in [5.74, 6) is 0.336. The molecule has 1 rings (SSSR count). The van der Waals surface area contributed by atoms with Crippen molar-refractivity contribution in [2.45, 2.75) is 18.9 Å². The Bertz CT molecular complexity index is 337. The van der Waals surface area contributed by atoms with Gasteiger partial charge in [-0.3, -0.25) is 0 Å². The minimum atomic E-state index is -2.48. The molecule has 92 valence electrons. The van der Waals surface area contributed by atoms with Crippen molar-refractivity contribution in [3.63, 3.8) is 0 Å². The molecule has 0 heterocycles. The molecule has 0 bridgehead atoms. The van der Waals surface area contributed by atoms with Crippen LogP contribution in [-0.4, -0.2) is 18.6 Å². The predicted octanol–water partition coefficient (Wildman–Crippen LogP) is 2.48. The van der Waals surface area contributed by atoms with Crippen LogP contribution in [0.2, 0.25) is 0 Å². The lowest BCUT2D eigenvalue weighted by Crippen LogP contribution is -2.14. The zero-order valence-electron chi connectivity index (χ0n) is 8.69. The Morgan fingerprint density at radius 2 is 2.06 bits per heavy atom. The quantitative estimate of drug-likeness (QED) is 0.867. The van der Waals surface area contributed by atoms with Gasteiger partial charge in [0.1, 0.15) is 11.5 Å². The van der Waals surface area contributed by atoms with Gasteiger partial charge in [-0.1, -0.05) is 6.07 Å². The third kappa shape index (κ3) is 3.83. The van der Waals surface area contributed by atoms with Crippen LogP contribution in [0.5, 0.6) is 11.5 Å². The molecule has 0 saturated carbocycles. The molecule has 0 spiro atoms. The van der Waals surface area contributed by atoms with E-state index in [-0.39, 0.29) is 18.2 Å². The molecule has 0 unspecified atom stereocenters. The molecule has 0 aliphatic heterocycles.